The molecule has 3 heteroatoms. The van der Waals surface area contributed by atoms with Crippen LogP contribution in [0.1, 0.15) is 23.3 Å². The van der Waals surface area contributed by atoms with E-state index in [0.29, 0.717) is 5.33 Å². The van der Waals surface area contributed by atoms with Crippen LogP contribution >= 0.6 is 15.9 Å². The average molecular weight is 319 g/mol. The maximum absolute atomic E-state index is 5.99. The molecule has 0 bridgehead atoms. The quantitative estimate of drug-likeness (QED) is 0.788. The highest BCUT2D eigenvalue weighted by Gasteiger charge is 2.37. The van der Waals surface area contributed by atoms with Crippen LogP contribution in [0.4, 0.5) is 0 Å². The van der Waals surface area contributed by atoms with Crippen molar-refractivity contribution < 1.29 is 9.47 Å². The molecule has 98 valence electrons. The summed E-state index contributed by atoms with van der Waals surface area (Å²) in [7, 11) is 0. The fourth-order valence-electron chi connectivity index (χ4n) is 2.37. The molecule has 2 aromatic carbocycles. The van der Waals surface area contributed by atoms with Crippen LogP contribution in [0.5, 0.6) is 0 Å². The van der Waals surface area contributed by atoms with E-state index in [2.05, 4.69) is 40.2 Å². The van der Waals surface area contributed by atoms with Crippen LogP contribution in [0.3, 0.4) is 0 Å². The molecule has 1 saturated heterocycles. The molecule has 1 aliphatic heterocycles. The van der Waals surface area contributed by atoms with Gasteiger partial charge in [0, 0.05) is 0 Å². The highest BCUT2D eigenvalue weighted by atomic mass is 79.9. The van der Waals surface area contributed by atoms with Crippen LogP contribution in [-0.4, -0.2) is 11.6 Å². The summed E-state index contributed by atoms with van der Waals surface area (Å²) in [6.07, 6.45) is -0.298. The van der Waals surface area contributed by atoms with Gasteiger partial charge in [0.15, 0.2) is 6.29 Å². The van der Waals surface area contributed by atoms with E-state index in [1.807, 2.05) is 36.4 Å². The maximum Gasteiger partial charge on any atom is 0.169 e. The summed E-state index contributed by atoms with van der Waals surface area (Å²) in [5, 5.41) is 0.680. The fourth-order valence-corrected chi connectivity index (χ4v) is 2.67. The third kappa shape index (κ3) is 2.73. The van der Waals surface area contributed by atoms with Gasteiger partial charge in [-0.15, -0.1) is 0 Å². The molecule has 0 aliphatic carbocycles. The van der Waals surface area contributed by atoms with Crippen LogP contribution in [0.2, 0.25) is 0 Å². The first-order valence-corrected chi connectivity index (χ1v) is 7.47. The van der Waals surface area contributed by atoms with E-state index < -0.39 is 0 Å². The second-order valence-corrected chi connectivity index (χ2v) is 5.17. The summed E-state index contributed by atoms with van der Waals surface area (Å²) in [5.41, 5.74) is 2.31. The van der Waals surface area contributed by atoms with Gasteiger partial charge in [0.05, 0.1) is 5.33 Å². The minimum absolute atomic E-state index is 0.0499. The Morgan fingerprint density at radius 3 is 1.53 bits per heavy atom. The largest absolute Gasteiger partial charge is 0.341 e. The first-order chi connectivity index (χ1) is 9.38. The second kappa shape index (κ2) is 5.87. The van der Waals surface area contributed by atoms with E-state index in [9.17, 15) is 0 Å². The molecule has 1 fully saturated rings. The molecule has 0 radical (unpaired) electrons. The summed E-state index contributed by atoms with van der Waals surface area (Å²) in [6, 6.07) is 20.5. The maximum atomic E-state index is 5.99. The summed E-state index contributed by atoms with van der Waals surface area (Å²) >= 11 is 3.43. The Balaban J connectivity index is 1.92. The van der Waals surface area contributed by atoms with Gasteiger partial charge in [-0.25, -0.2) is 0 Å². The number of rotatable bonds is 3. The Hall–Kier alpha value is -1.16. The number of hydrogen-bond acceptors (Lipinski definition) is 2. The van der Waals surface area contributed by atoms with Crippen LogP contribution in [0.25, 0.3) is 0 Å². The Kier molecular flexibility index (Phi) is 3.97. The molecule has 1 heterocycles. The van der Waals surface area contributed by atoms with Gasteiger partial charge in [-0.2, -0.15) is 0 Å². The third-order valence-electron chi connectivity index (χ3n) is 3.25. The molecule has 0 unspecified atom stereocenters. The van der Waals surface area contributed by atoms with Crippen molar-refractivity contribution >= 4 is 15.9 Å². The van der Waals surface area contributed by atoms with Crippen molar-refractivity contribution in [2.45, 2.75) is 18.5 Å². The molecule has 0 amide bonds. The van der Waals surface area contributed by atoms with Crippen LogP contribution in [0.15, 0.2) is 60.7 Å². The van der Waals surface area contributed by atoms with Crippen molar-refractivity contribution in [1.29, 1.82) is 0 Å². The van der Waals surface area contributed by atoms with Gasteiger partial charge in [0.25, 0.3) is 0 Å². The zero-order valence-electron chi connectivity index (χ0n) is 10.4. The summed E-state index contributed by atoms with van der Waals surface area (Å²) in [4.78, 5) is 0. The van der Waals surface area contributed by atoms with Crippen LogP contribution in [0, 0.1) is 0 Å². The van der Waals surface area contributed by atoms with Crippen LogP contribution < -0.4 is 0 Å². The molecular weight excluding hydrogens is 304 g/mol. The van der Waals surface area contributed by atoms with Gasteiger partial charge < -0.3 is 9.47 Å². The lowest BCUT2D eigenvalue weighted by Crippen LogP contribution is -2.08. The van der Waals surface area contributed by atoms with Gasteiger partial charge in [-0.1, -0.05) is 76.6 Å². The van der Waals surface area contributed by atoms with Gasteiger partial charge in [0.2, 0.25) is 0 Å². The Labute approximate surface area is 121 Å². The van der Waals surface area contributed by atoms with Crippen molar-refractivity contribution in [2.24, 2.45) is 0 Å². The number of hydrogen-bond donors (Lipinski definition) is 0. The third-order valence-corrected chi connectivity index (χ3v) is 3.78. The first-order valence-electron chi connectivity index (χ1n) is 6.35. The Morgan fingerprint density at radius 1 is 0.737 bits per heavy atom. The normalized spacial score (nSPS) is 23.6. The number of alkyl halides is 1. The summed E-state index contributed by atoms with van der Waals surface area (Å²) < 4.78 is 12.0. The van der Waals surface area contributed by atoms with Gasteiger partial charge in [-0.05, 0) is 11.1 Å². The number of ether oxygens (including phenoxy) is 2. The standard InChI is InChI=1S/C16H15BrO2/c17-11-14-18-15(12-7-3-1-4-8-12)16(19-14)13-9-5-2-6-10-13/h1-10,14-16H,11H2/t15-,16-/m0/s1. The van der Waals surface area contributed by atoms with Crippen LogP contribution in [-0.2, 0) is 9.47 Å². The topological polar surface area (TPSA) is 18.5 Å². The predicted molar refractivity (Wildman–Crippen MR) is 78.1 cm³/mol. The fraction of sp³-hybridized carbons (Fsp3) is 0.250. The lowest BCUT2D eigenvalue weighted by Gasteiger charge is -2.17. The molecule has 0 N–H and O–H groups in total. The lowest BCUT2D eigenvalue weighted by atomic mass is 9.99. The van der Waals surface area contributed by atoms with E-state index in [-0.39, 0.29) is 18.5 Å². The SMILES string of the molecule is BrCC1O[C@@H](c2ccccc2)[C@H](c2ccccc2)O1. The molecule has 2 nitrogen and oxygen atoms in total. The van der Waals surface area contributed by atoms with Crippen molar-refractivity contribution in [3.63, 3.8) is 0 Å². The van der Waals surface area contributed by atoms with E-state index in [4.69, 9.17) is 9.47 Å². The molecule has 2 aromatic rings. The Morgan fingerprint density at radius 2 is 1.16 bits per heavy atom. The van der Waals surface area contributed by atoms with Gasteiger partial charge in [0.1, 0.15) is 12.2 Å². The van der Waals surface area contributed by atoms with E-state index in [1.165, 1.54) is 0 Å². The molecule has 0 spiro atoms. The first kappa shape index (κ1) is 12.9. The van der Waals surface area contributed by atoms with Crippen molar-refractivity contribution in [2.75, 3.05) is 5.33 Å². The number of benzene rings is 2. The zero-order chi connectivity index (χ0) is 13.1. The minimum atomic E-state index is -0.199. The van der Waals surface area contributed by atoms with E-state index >= 15 is 0 Å². The smallest absolute Gasteiger partial charge is 0.169 e. The molecule has 0 saturated carbocycles. The molecular formula is C16H15BrO2. The average Bonchev–Trinajstić information content (AvgIpc) is 2.93. The van der Waals surface area contributed by atoms with Crippen molar-refractivity contribution in [1.82, 2.24) is 0 Å². The predicted octanol–water partition coefficient (Wildman–Crippen LogP) is 4.24. The number of halogens is 1. The molecule has 1 aliphatic rings. The summed E-state index contributed by atoms with van der Waals surface area (Å²) in [5.74, 6) is 0. The van der Waals surface area contributed by atoms with E-state index in [0.717, 1.165) is 11.1 Å². The molecule has 0 aromatic heterocycles. The highest BCUT2D eigenvalue weighted by Crippen LogP contribution is 2.42. The molecule has 19 heavy (non-hydrogen) atoms. The highest BCUT2D eigenvalue weighted by molar-refractivity contribution is 9.09. The van der Waals surface area contributed by atoms with Crippen molar-refractivity contribution in [3.05, 3.63) is 71.8 Å². The monoisotopic (exact) mass is 318 g/mol. The summed E-state index contributed by atoms with van der Waals surface area (Å²) in [6.45, 7) is 0. The Bertz CT molecular complexity index is 467. The molecule has 2 atom stereocenters. The van der Waals surface area contributed by atoms with Crippen molar-refractivity contribution in [3.8, 4) is 0 Å². The molecule has 3 rings (SSSR count). The van der Waals surface area contributed by atoms with Gasteiger partial charge >= 0.3 is 0 Å². The minimum Gasteiger partial charge on any atom is -0.341 e. The van der Waals surface area contributed by atoms with E-state index in [1.54, 1.807) is 0 Å². The lowest BCUT2D eigenvalue weighted by molar-refractivity contribution is -0.0469. The van der Waals surface area contributed by atoms with Gasteiger partial charge in [-0.3, -0.25) is 0 Å². The second-order valence-electron chi connectivity index (χ2n) is 4.52. The zero-order valence-corrected chi connectivity index (χ0v) is 12.0.